The molecule has 1 aromatic rings. The third-order valence-electron chi connectivity index (χ3n) is 5.37. The molecular formula is C19H26N2O3. The summed E-state index contributed by atoms with van der Waals surface area (Å²) in [6.07, 6.45) is 2.30. The number of piperidine rings is 1. The number of likely N-dealkylation sites (tertiary alicyclic amines) is 2. The highest BCUT2D eigenvalue weighted by atomic mass is 16.3. The number of amides is 2. The zero-order chi connectivity index (χ0) is 17.1. The molecular weight excluding hydrogens is 304 g/mol. The first-order valence-corrected chi connectivity index (χ1v) is 8.83. The molecule has 24 heavy (non-hydrogen) atoms. The zero-order valence-corrected chi connectivity index (χ0v) is 14.2. The topological polar surface area (TPSA) is 60.9 Å². The minimum atomic E-state index is -0.277. The largest absolute Gasteiger partial charge is 0.394 e. The summed E-state index contributed by atoms with van der Waals surface area (Å²) < 4.78 is 0. The Morgan fingerprint density at radius 1 is 1.29 bits per heavy atom. The average Bonchev–Trinajstić information content (AvgIpc) is 2.95. The molecule has 2 aliphatic heterocycles. The lowest BCUT2D eigenvalue weighted by Crippen LogP contribution is -2.51. The number of benzene rings is 1. The molecule has 5 heteroatoms. The van der Waals surface area contributed by atoms with Crippen LogP contribution >= 0.6 is 0 Å². The minimum absolute atomic E-state index is 0.00129. The van der Waals surface area contributed by atoms with Crippen LogP contribution in [0.25, 0.3) is 0 Å². The monoisotopic (exact) mass is 330 g/mol. The minimum Gasteiger partial charge on any atom is -0.394 e. The Morgan fingerprint density at radius 2 is 2.04 bits per heavy atom. The molecule has 0 aromatic heterocycles. The number of carbonyl (C=O) groups is 2. The van der Waals surface area contributed by atoms with Crippen molar-refractivity contribution in [3.8, 4) is 0 Å². The molecule has 3 unspecified atom stereocenters. The average molecular weight is 330 g/mol. The maximum absolute atomic E-state index is 12.9. The Bertz CT molecular complexity index is 590. The van der Waals surface area contributed by atoms with Gasteiger partial charge in [0.1, 0.15) is 0 Å². The first-order valence-electron chi connectivity index (χ1n) is 8.83. The molecule has 2 amide bonds. The van der Waals surface area contributed by atoms with Crippen LogP contribution in [0.2, 0.25) is 0 Å². The molecule has 130 valence electrons. The SMILES string of the molecule is CC1CCCN(C(=O)C2CC(=O)N(Cc3ccccc3)C2)C1CO. The van der Waals surface area contributed by atoms with Crippen LogP contribution < -0.4 is 0 Å². The number of hydrogen-bond acceptors (Lipinski definition) is 3. The van der Waals surface area contributed by atoms with Gasteiger partial charge in [-0.25, -0.2) is 0 Å². The van der Waals surface area contributed by atoms with E-state index in [1.165, 1.54) is 0 Å². The van der Waals surface area contributed by atoms with Crippen LogP contribution in [-0.2, 0) is 16.1 Å². The van der Waals surface area contributed by atoms with Gasteiger partial charge >= 0.3 is 0 Å². The molecule has 2 heterocycles. The van der Waals surface area contributed by atoms with Gasteiger partial charge in [0.05, 0.1) is 18.6 Å². The predicted molar refractivity (Wildman–Crippen MR) is 91.0 cm³/mol. The molecule has 0 saturated carbocycles. The van der Waals surface area contributed by atoms with Gasteiger partial charge in [-0.3, -0.25) is 9.59 Å². The lowest BCUT2D eigenvalue weighted by molar-refractivity contribution is -0.142. The number of aliphatic hydroxyl groups is 1. The van der Waals surface area contributed by atoms with Gasteiger partial charge < -0.3 is 14.9 Å². The van der Waals surface area contributed by atoms with Crippen LogP contribution in [0, 0.1) is 11.8 Å². The summed E-state index contributed by atoms with van der Waals surface area (Å²) in [4.78, 5) is 28.8. The Hall–Kier alpha value is -1.88. The Morgan fingerprint density at radius 3 is 2.75 bits per heavy atom. The molecule has 1 N–H and O–H groups in total. The van der Waals surface area contributed by atoms with E-state index in [-0.39, 0.29) is 36.8 Å². The number of nitrogens with zero attached hydrogens (tertiary/aromatic N) is 2. The van der Waals surface area contributed by atoms with Crippen molar-refractivity contribution in [3.63, 3.8) is 0 Å². The van der Waals surface area contributed by atoms with E-state index >= 15 is 0 Å². The van der Waals surface area contributed by atoms with Crippen LogP contribution in [0.1, 0.15) is 31.7 Å². The molecule has 0 aliphatic carbocycles. The molecule has 3 atom stereocenters. The summed E-state index contributed by atoms with van der Waals surface area (Å²) in [5.74, 6) is 0.109. The number of carbonyl (C=O) groups excluding carboxylic acids is 2. The summed E-state index contributed by atoms with van der Waals surface area (Å²) in [6, 6.07) is 9.75. The number of aliphatic hydroxyl groups excluding tert-OH is 1. The van der Waals surface area contributed by atoms with Gasteiger partial charge in [0, 0.05) is 26.1 Å². The third kappa shape index (κ3) is 3.46. The van der Waals surface area contributed by atoms with Crippen molar-refractivity contribution in [2.75, 3.05) is 19.7 Å². The molecule has 3 rings (SSSR count). The van der Waals surface area contributed by atoms with Crippen molar-refractivity contribution in [3.05, 3.63) is 35.9 Å². The highest BCUT2D eigenvalue weighted by Gasteiger charge is 2.40. The molecule has 2 fully saturated rings. The maximum Gasteiger partial charge on any atom is 0.228 e. The lowest BCUT2D eigenvalue weighted by Gasteiger charge is -2.40. The lowest BCUT2D eigenvalue weighted by atomic mass is 9.90. The van der Waals surface area contributed by atoms with Crippen molar-refractivity contribution >= 4 is 11.8 Å². The van der Waals surface area contributed by atoms with E-state index in [2.05, 4.69) is 6.92 Å². The van der Waals surface area contributed by atoms with Crippen LogP contribution in [0.5, 0.6) is 0 Å². The molecule has 0 bridgehead atoms. The summed E-state index contributed by atoms with van der Waals surface area (Å²) in [6.45, 7) is 3.82. The van der Waals surface area contributed by atoms with Crippen molar-refractivity contribution < 1.29 is 14.7 Å². The smallest absolute Gasteiger partial charge is 0.228 e. The van der Waals surface area contributed by atoms with E-state index in [0.29, 0.717) is 25.6 Å². The van der Waals surface area contributed by atoms with Gasteiger partial charge in [-0.2, -0.15) is 0 Å². The van der Waals surface area contributed by atoms with Gasteiger partial charge in [-0.15, -0.1) is 0 Å². The highest BCUT2D eigenvalue weighted by Crippen LogP contribution is 2.28. The van der Waals surface area contributed by atoms with E-state index in [1.807, 2.05) is 35.2 Å². The number of hydrogen-bond donors (Lipinski definition) is 1. The predicted octanol–water partition coefficient (Wildman–Crippen LogP) is 1.65. The van der Waals surface area contributed by atoms with E-state index in [4.69, 9.17) is 0 Å². The normalized spacial score (nSPS) is 27.6. The quantitative estimate of drug-likeness (QED) is 0.913. The molecule has 1 aromatic carbocycles. The summed E-state index contributed by atoms with van der Waals surface area (Å²) >= 11 is 0. The van der Waals surface area contributed by atoms with E-state index in [1.54, 1.807) is 4.90 Å². The van der Waals surface area contributed by atoms with E-state index in [9.17, 15) is 14.7 Å². The van der Waals surface area contributed by atoms with Crippen LogP contribution in [0.3, 0.4) is 0 Å². The molecule has 2 aliphatic rings. The molecule has 2 saturated heterocycles. The van der Waals surface area contributed by atoms with Crippen molar-refractivity contribution in [2.45, 2.75) is 38.8 Å². The van der Waals surface area contributed by atoms with Crippen LogP contribution in [-0.4, -0.2) is 52.5 Å². The molecule has 0 spiro atoms. The second kappa shape index (κ2) is 7.34. The zero-order valence-electron chi connectivity index (χ0n) is 14.2. The fourth-order valence-corrected chi connectivity index (χ4v) is 3.93. The van der Waals surface area contributed by atoms with E-state index < -0.39 is 0 Å². The first kappa shape index (κ1) is 17.0. The second-order valence-corrected chi connectivity index (χ2v) is 7.06. The van der Waals surface area contributed by atoms with Gasteiger partial charge in [0.2, 0.25) is 11.8 Å². The van der Waals surface area contributed by atoms with Gasteiger partial charge in [0.25, 0.3) is 0 Å². The Labute approximate surface area is 143 Å². The van der Waals surface area contributed by atoms with Gasteiger partial charge in [-0.05, 0) is 24.3 Å². The Kier molecular flexibility index (Phi) is 5.19. The second-order valence-electron chi connectivity index (χ2n) is 7.06. The highest BCUT2D eigenvalue weighted by molar-refractivity contribution is 5.89. The summed E-state index contributed by atoms with van der Waals surface area (Å²) in [5.41, 5.74) is 1.08. The fourth-order valence-electron chi connectivity index (χ4n) is 3.93. The maximum atomic E-state index is 12.9. The van der Waals surface area contributed by atoms with Crippen molar-refractivity contribution in [1.82, 2.24) is 9.80 Å². The van der Waals surface area contributed by atoms with Gasteiger partial charge in [0.15, 0.2) is 0 Å². The first-order chi connectivity index (χ1) is 11.6. The van der Waals surface area contributed by atoms with Crippen LogP contribution in [0.4, 0.5) is 0 Å². The van der Waals surface area contributed by atoms with Crippen molar-refractivity contribution in [1.29, 1.82) is 0 Å². The molecule has 0 radical (unpaired) electrons. The Balaban J connectivity index is 1.65. The standard InChI is InChI=1S/C19H26N2O3/c1-14-6-5-9-21(17(14)13-22)19(24)16-10-18(23)20(12-16)11-15-7-3-2-4-8-15/h2-4,7-8,14,16-17,22H,5-6,9-13H2,1H3. The fraction of sp³-hybridized carbons (Fsp3) is 0.579. The van der Waals surface area contributed by atoms with E-state index in [0.717, 1.165) is 18.4 Å². The third-order valence-corrected chi connectivity index (χ3v) is 5.37. The van der Waals surface area contributed by atoms with Crippen molar-refractivity contribution in [2.24, 2.45) is 11.8 Å². The molecule has 5 nitrogen and oxygen atoms in total. The summed E-state index contributed by atoms with van der Waals surface area (Å²) in [7, 11) is 0. The van der Waals surface area contributed by atoms with Gasteiger partial charge in [-0.1, -0.05) is 37.3 Å². The van der Waals surface area contributed by atoms with Crippen LogP contribution in [0.15, 0.2) is 30.3 Å². The number of rotatable bonds is 4. The summed E-state index contributed by atoms with van der Waals surface area (Å²) in [5, 5.41) is 9.65.